The number of nitrogens with one attached hydrogen (secondary N) is 2. The lowest BCUT2D eigenvalue weighted by Gasteiger charge is -2.31. The molecule has 1 saturated heterocycles. The van der Waals surface area contributed by atoms with Gasteiger partial charge < -0.3 is 10.3 Å². The van der Waals surface area contributed by atoms with Crippen molar-refractivity contribution in [3.63, 3.8) is 0 Å². The summed E-state index contributed by atoms with van der Waals surface area (Å²) in [6.45, 7) is 3.30. The minimum absolute atomic E-state index is 0.0710. The third-order valence-corrected chi connectivity index (χ3v) is 6.97. The summed E-state index contributed by atoms with van der Waals surface area (Å²) in [7, 11) is -3.35. The summed E-state index contributed by atoms with van der Waals surface area (Å²) in [6, 6.07) is 2.46. The second-order valence-corrected chi connectivity index (χ2v) is 8.60. The van der Waals surface area contributed by atoms with E-state index in [1.165, 1.54) is 12.8 Å². The maximum Gasteiger partial charge on any atom is 0.244 e. The molecule has 0 aromatic carbocycles. The molecule has 1 saturated carbocycles. The number of thioether (sulfide) groups is 1. The average molecular weight is 315 g/mol. The van der Waals surface area contributed by atoms with Gasteiger partial charge in [-0.2, -0.15) is 16.1 Å². The van der Waals surface area contributed by atoms with Crippen LogP contribution < -0.4 is 5.32 Å². The molecule has 1 aliphatic heterocycles. The van der Waals surface area contributed by atoms with Crippen LogP contribution in [0.1, 0.15) is 25.5 Å². The molecule has 3 rings (SSSR count). The molecule has 1 aromatic rings. The van der Waals surface area contributed by atoms with E-state index in [4.69, 9.17) is 0 Å². The molecule has 0 bridgehead atoms. The standard InChI is InChI=1S/C13H21N3O2S2/c1-10-9-19-5-4-16(10)20(17,18)13-6-12(15-8-13)7-14-11-2-3-11/h6,8,10-11,14-15H,2-5,7,9H2,1H3. The summed E-state index contributed by atoms with van der Waals surface area (Å²) in [5.41, 5.74) is 0.939. The van der Waals surface area contributed by atoms with Crippen LogP contribution in [-0.2, 0) is 16.6 Å². The smallest absolute Gasteiger partial charge is 0.244 e. The predicted molar refractivity (Wildman–Crippen MR) is 81.3 cm³/mol. The van der Waals surface area contributed by atoms with Crippen LogP contribution in [0.25, 0.3) is 0 Å². The highest BCUT2D eigenvalue weighted by Crippen LogP contribution is 2.25. The lowest BCUT2D eigenvalue weighted by molar-refractivity contribution is 0.367. The van der Waals surface area contributed by atoms with Crippen molar-refractivity contribution in [3.8, 4) is 0 Å². The van der Waals surface area contributed by atoms with Gasteiger partial charge in [-0.3, -0.25) is 0 Å². The number of sulfonamides is 1. The monoisotopic (exact) mass is 315 g/mol. The molecule has 7 heteroatoms. The molecule has 2 N–H and O–H groups in total. The van der Waals surface area contributed by atoms with Crippen LogP contribution in [0, 0.1) is 0 Å². The van der Waals surface area contributed by atoms with Crippen molar-refractivity contribution in [2.75, 3.05) is 18.1 Å². The zero-order valence-corrected chi connectivity index (χ0v) is 13.3. The first-order valence-electron chi connectivity index (χ1n) is 7.07. The van der Waals surface area contributed by atoms with Gasteiger partial charge in [0.05, 0.1) is 4.90 Å². The Kier molecular flexibility index (Phi) is 4.12. The molecule has 112 valence electrons. The number of hydrogen-bond donors (Lipinski definition) is 2. The van der Waals surface area contributed by atoms with Gasteiger partial charge in [-0.05, 0) is 25.8 Å². The van der Waals surface area contributed by atoms with Crippen LogP contribution in [0.2, 0.25) is 0 Å². The fourth-order valence-corrected chi connectivity index (χ4v) is 5.29. The molecule has 2 aliphatic rings. The molecule has 2 fully saturated rings. The summed E-state index contributed by atoms with van der Waals surface area (Å²) >= 11 is 1.82. The molecule has 0 amide bonds. The molecule has 1 aliphatic carbocycles. The van der Waals surface area contributed by atoms with Gasteiger partial charge >= 0.3 is 0 Å². The van der Waals surface area contributed by atoms with Gasteiger partial charge in [0.15, 0.2) is 0 Å². The van der Waals surface area contributed by atoms with Gasteiger partial charge in [-0.25, -0.2) is 8.42 Å². The molecule has 1 unspecified atom stereocenters. The Labute approximate surface area is 124 Å². The molecular formula is C13H21N3O2S2. The molecule has 1 atom stereocenters. The quantitative estimate of drug-likeness (QED) is 0.862. The lowest BCUT2D eigenvalue weighted by atomic mass is 10.4. The SMILES string of the molecule is CC1CSCCN1S(=O)(=O)c1c[nH]c(CNC2CC2)c1. The zero-order chi connectivity index (χ0) is 14.2. The second-order valence-electron chi connectivity index (χ2n) is 5.56. The van der Waals surface area contributed by atoms with Gasteiger partial charge in [-0.15, -0.1) is 0 Å². The summed E-state index contributed by atoms with van der Waals surface area (Å²) in [5.74, 6) is 1.75. The Bertz CT molecular complexity index is 566. The highest BCUT2D eigenvalue weighted by molar-refractivity contribution is 7.99. The first-order valence-corrected chi connectivity index (χ1v) is 9.67. The summed E-state index contributed by atoms with van der Waals surface area (Å²) < 4.78 is 26.9. The van der Waals surface area contributed by atoms with E-state index in [1.807, 2.05) is 18.7 Å². The minimum Gasteiger partial charge on any atom is -0.363 e. The van der Waals surface area contributed by atoms with Crippen LogP contribution in [-0.4, -0.2) is 47.8 Å². The summed E-state index contributed by atoms with van der Waals surface area (Å²) in [5, 5.41) is 3.38. The maximum atomic E-state index is 12.6. The maximum absolute atomic E-state index is 12.6. The van der Waals surface area contributed by atoms with Gasteiger partial charge in [0.25, 0.3) is 0 Å². The number of hydrogen-bond acceptors (Lipinski definition) is 4. The molecule has 20 heavy (non-hydrogen) atoms. The second kappa shape index (κ2) is 5.71. The molecule has 0 spiro atoms. The van der Waals surface area contributed by atoms with Crippen LogP contribution in [0.3, 0.4) is 0 Å². The topological polar surface area (TPSA) is 65.2 Å². The first-order chi connectivity index (χ1) is 9.57. The van der Waals surface area contributed by atoms with Crippen molar-refractivity contribution < 1.29 is 8.42 Å². The Morgan fingerprint density at radius 2 is 2.30 bits per heavy atom. The molecule has 2 heterocycles. The third-order valence-electron chi connectivity index (χ3n) is 3.79. The molecular weight excluding hydrogens is 294 g/mol. The van der Waals surface area contributed by atoms with Gasteiger partial charge in [0, 0.05) is 48.6 Å². The predicted octanol–water partition coefficient (Wildman–Crippen LogP) is 1.39. The van der Waals surface area contributed by atoms with E-state index in [0.29, 0.717) is 24.0 Å². The number of H-pyrrole nitrogens is 1. The molecule has 0 radical (unpaired) electrons. The number of aromatic amines is 1. The minimum atomic E-state index is -3.35. The first kappa shape index (κ1) is 14.4. The third kappa shape index (κ3) is 3.05. The Balaban J connectivity index is 1.72. The highest BCUT2D eigenvalue weighted by atomic mass is 32.2. The largest absolute Gasteiger partial charge is 0.363 e. The van der Waals surface area contributed by atoms with E-state index in [0.717, 1.165) is 17.2 Å². The van der Waals surface area contributed by atoms with Crippen molar-refractivity contribution in [1.82, 2.24) is 14.6 Å². The number of aromatic nitrogens is 1. The Morgan fingerprint density at radius 1 is 1.50 bits per heavy atom. The van der Waals surface area contributed by atoms with E-state index in [-0.39, 0.29) is 6.04 Å². The van der Waals surface area contributed by atoms with E-state index >= 15 is 0 Å². The van der Waals surface area contributed by atoms with Crippen molar-refractivity contribution >= 4 is 21.8 Å². The molecule has 1 aromatic heterocycles. The fraction of sp³-hybridized carbons (Fsp3) is 0.692. The fourth-order valence-electron chi connectivity index (χ4n) is 2.42. The van der Waals surface area contributed by atoms with E-state index in [9.17, 15) is 8.42 Å². The lowest BCUT2D eigenvalue weighted by Crippen LogP contribution is -2.44. The number of nitrogens with zero attached hydrogens (tertiary/aromatic N) is 1. The van der Waals surface area contributed by atoms with Crippen molar-refractivity contribution in [3.05, 3.63) is 18.0 Å². The van der Waals surface area contributed by atoms with Crippen LogP contribution >= 0.6 is 11.8 Å². The van der Waals surface area contributed by atoms with Crippen molar-refractivity contribution in [2.45, 2.75) is 43.3 Å². The average Bonchev–Trinajstić information content (AvgIpc) is 3.13. The molecule has 5 nitrogen and oxygen atoms in total. The number of rotatable bonds is 5. The van der Waals surface area contributed by atoms with E-state index in [2.05, 4.69) is 10.3 Å². The van der Waals surface area contributed by atoms with E-state index in [1.54, 1.807) is 16.6 Å². The van der Waals surface area contributed by atoms with Crippen LogP contribution in [0.4, 0.5) is 0 Å². The normalized spacial score (nSPS) is 24.9. The highest BCUT2D eigenvalue weighted by Gasteiger charge is 2.32. The van der Waals surface area contributed by atoms with E-state index < -0.39 is 10.0 Å². The zero-order valence-electron chi connectivity index (χ0n) is 11.6. The Morgan fingerprint density at radius 3 is 3.00 bits per heavy atom. The Hall–Kier alpha value is -0.500. The summed E-state index contributed by atoms with van der Waals surface area (Å²) in [4.78, 5) is 3.47. The van der Waals surface area contributed by atoms with Crippen molar-refractivity contribution in [2.24, 2.45) is 0 Å². The van der Waals surface area contributed by atoms with Crippen LogP contribution in [0.5, 0.6) is 0 Å². The summed E-state index contributed by atoms with van der Waals surface area (Å²) in [6.07, 6.45) is 4.08. The van der Waals surface area contributed by atoms with Gasteiger partial charge in [0.2, 0.25) is 10.0 Å². The van der Waals surface area contributed by atoms with Crippen LogP contribution in [0.15, 0.2) is 17.2 Å². The van der Waals surface area contributed by atoms with Crippen molar-refractivity contribution in [1.29, 1.82) is 0 Å². The van der Waals surface area contributed by atoms with Gasteiger partial charge in [0.1, 0.15) is 0 Å². The van der Waals surface area contributed by atoms with Gasteiger partial charge in [-0.1, -0.05) is 0 Å².